The van der Waals surface area contributed by atoms with Crippen molar-refractivity contribution in [1.82, 2.24) is 25.1 Å². The van der Waals surface area contributed by atoms with Crippen LogP contribution in [0.5, 0.6) is 0 Å². The van der Waals surface area contributed by atoms with Crippen LogP contribution in [0.25, 0.3) is 11.0 Å². The Kier molecular flexibility index (Phi) is 7.82. The summed E-state index contributed by atoms with van der Waals surface area (Å²) in [5, 5.41) is 26.4. The molecule has 10 nitrogen and oxygen atoms in total. The van der Waals surface area contributed by atoms with Crippen LogP contribution < -0.4 is 10.6 Å². The summed E-state index contributed by atoms with van der Waals surface area (Å²) >= 11 is 0. The van der Waals surface area contributed by atoms with E-state index in [1.54, 1.807) is 4.90 Å². The van der Waals surface area contributed by atoms with Crippen molar-refractivity contribution in [2.24, 2.45) is 5.41 Å². The third kappa shape index (κ3) is 5.41. The number of likely N-dealkylation sites (tertiary alicyclic amines) is 1. The van der Waals surface area contributed by atoms with Gasteiger partial charge >= 0.3 is 0 Å². The van der Waals surface area contributed by atoms with E-state index < -0.39 is 24.0 Å². The smallest absolute Gasteiger partial charge is 0.254 e. The van der Waals surface area contributed by atoms with Gasteiger partial charge in [-0.25, -0.2) is 4.98 Å². The molecular formula is C24H35N5O5. The lowest BCUT2D eigenvalue weighted by Gasteiger charge is -2.34. The minimum absolute atomic E-state index is 0.0900. The topological polar surface area (TPSA) is 129 Å². The molecule has 4 N–H and O–H groups in total. The molecule has 0 aliphatic carbocycles. The first-order chi connectivity index (χ1) is 16.4. The lowest BCUT2D eigenvalue weighted by molar-refractivity contribution is -0.152. The predicted octanol–water partition coefficient (Wildman–Crippen LogP) is -0.199. The van der Waals surface area contributed by atoms with Gasteiger partial charge in [0.15, 0.2) is 12.2 Å². The number of benzene rings is 1. The maximum Gasteiger partial charge on any atom is 0.254 e. The van der Waals surface area contributed by atoms with E-state index in [2.05, 4.69) is 20.2 Å². The number of nitrogens with zero attached hydrogens (tertiary/aromatic N) is 3. The van der Waals surface area contributed by atoms with Gasteiger partial charge in [0.25, 0.3) is 11.8 Å². The van der Waals surface area contributed by atoms with Crippen molar-refractivity contribution in [2.75, 3.05) is 45.9 Å². The first-order valence-corrected chi connectivity index (χ1v) is 12.0. The van der Waals surface area contributed by atoms with Crippen LogP contribution in [0.1, 0.15) is 25.1 Å². The Morgan fingerprint density at radius 1 is 1.18 bits per heavy atom. The lowest BCUT2D eigenvalue weighted by Crippen LogP contribution is -2.51. The quantitative estimate of drug-likeness (QED) is 0.371. The molecule has 2 saturated heterocycles. The average molecular weight is 474 g/mol. The van der Waals surface area contributed by atoms with Crippen LogP contribution in [-0.4, -0.2) is 94.6 Å². The second-order valence-corrected chi connectivity index (χ2v) is 9.35. The fourth-order valence-electron chi connectivity index (χ4n) is 5.04. The van der Waals surface area contributed by atoms with Crippen molar-refractivity contribution in [3.8, 4) is 0 Å². The standard InChI is InChI=1S/C24H35N5O5/c1-17-27-18-4-2-3-5-19(18)29(17)13-15-34-14-11-26-22(32)20(30)21(31)23(33)28-12-8-24(16-28)6-9-25-10-7-24/h2-5,20-21,25,30-31H,6-16H2,1H3,(H,26,32)/t20-,21-/m1/s1. The molecule has 0 saturated carbocycles. The van der Waals surface area contributed by atoms with E-state index >= 15 is 0 Å². The number of hydrogen-bond donors (Lipinski definition) is 4. The van der Waals surface area contributed by atoms with Gasteiger partial charge < -0.3 is 35.1 Å². The Hall–Kier alpha value is -2.53. The Morgan fingerprint density at radius 3 is 2.74 bits per heavy atom. The van der Waals surface area contributed by atoms with Crippen molar-refractivity contribution in [1.29, 1.82) is 0 Å². The predicted molar refractivity (Wildman–Crippen MR) is 126 cm³/mol. The van der Waals surface area contributed by atoms with E-state index in [-0.39, 0.29) is 18.6 Å². The Bertz CT molecular complexity index is 1000. The molecule has 0 bridgehead atoms. The molecule has 2 aliphatic heterocycles. The number of aryl methyl sites for hydroxylation is 1. The maximum atomic E-state index is 12.7. The van der Waals surface area contributed by atoms with Crippen molar-refractivity contribution in [2.45, 2.75) is 44.9 Å². The highest BCUT2D eigenvalue weighted by molar-refractivity contribution is 5.90. The number of aromatic nitrogens is 2. The maximum absolute atomic E-state index is 12.7. The van der Waals surface area contributed by atoms with Gasteiger partial charge in [0.05, 0.1) is 24.2 Å². The highest BCUT2D eigenvalue weighted by Crippen LogP contribution is 2.38. The lowest BCUT2D eigenvalue weighted by atomic mass is 9.78. The van der Waals surface area contributed by atoms with Gasteiger partial charge in [-0.3, -0.25) is 9.59 Å². The summed E-state index contributed by atoms with van der Waals surface area (Å²) in [6.07, 6.45) is -0.701. The monoisotopic (exact) mass is 473 g/mol. The molecule has 0 radical (unpaired) electrons. The number of aliphatic hydroxyl groups is 2. The van der Waals surface area contributed by atoms with Gasteiger partial charge in [-0.2, -0.15) is 0 Å². The summed E-state index contributed by atoms with van der Waals surface area (Å²) in [6, 6.07) is 7.90. The van der Waals surface area contributed by atoms with E-state index in [1.165, 1.54) is 0 Å². The summed E-state index contributed by atoms with van der Waals surface area (Å²) in [4.78, 5) is 31.0. The van der Waals surface area contributed by atoms with E-state index in [0.29, 0.717) is 26.2 Å². The molecule has 1 aromatic carbocycles. The molecule has 1 aromatic heterocycles. The zero-order valence-corrected chi connectivity index (χ0v) is 19.7. The molecule has 2 aromatic rings. The van der Waals surface area contributed by atoms with Crippen LogP contribution in [0.15, 0.2) is 24.3 Å². The number of carbonyl (C=O) groups is 2. The number of para-hydroxylation sites is 2. The first-order valence-electron chi connectivity index (χ1n) is 12.0. The summed E-state index contributed by atoms with van der Waals surface area (Å²) < 4.78 is 7.68. The number of piperidine rings is 1. The molecule has 2 fully saturated rings. The van der Waals surface area contributed by atoms with Crippen molar-refractivity contribution < 1.29 is 24.5 Å². The molecular weight excluding hydrogens is 438 g/mol. The molecule has 1 spiro atoms. The highest BCUT2D eigenvalue weighted by Gasteiger charge is 2.43. The first kappa shape index (κ1) is 24.6. The zero-order valence-electron chi connectivity index (χ0n) is 19.7. The van der Waals surface area contributed by atoms with E-state index in [0.717, 1.165) is 49.2 Å². The van der Waals surface area contributed by atoms with Crippen molar-refractivity contribution >= 4 is 22.8 Å². The molecule has 10 heteroatoms. The van der Waals surface area contributed by atoms with Gasteiger partial charge in [0.2, 0.25) is 0 Å². The van der Waals surface area contributed by atoms with Gasteiger partial charge in [0.1, 0.15) is 5.82 Å². The van der Waals surface area contributed by atoms with Gasteiger partial charge in [-0.05, 0) is 56.8 Å². The number of nitrogens with one attached hydrogen (secondary N) is 2. The number of carbonyl (C=O) groups excluding carboxylic acids is 2. The summed E-state index contributed by atoms with van der Waals surface area (Å²) in [5.74, 6) is -0.460. The summed E-state index contributed by atoms with van der Waals surface area (Å²) in [7, 11) is 0. The molecule has 2 atom stereocenters. The number of imidazole rings is 1. The molecule has 4 rings (SSSR count). The number of rotatable bonds is 9. The van der Waals surface area contributed by atoms with E-state index in [1.807, 2.05) is 31.2 Å². The molecule has 186 valence electrons. The van der Waals surface area contributed by atoms with Crippen LogP contribution in [0, 0.1) is 12.3 Å². The van der Waals surface area contributed by atoms with Gasteiger partial charge in [-0.15, -0.1) is 0 Å². The van der Waals surface area contributed by atoms with E-state index in [9.17, 15) is 19.8 Å². The molecule has 2 amide bonds. The van der Waals surface area contributed by atoms with Crippen LogP contribution in [0.2, 0.25) is 0 Å². The summed E-state index contributed by atoms with van der Waals surface area (Å²) in [5.41, 5.74) is 2.07. The SMILES string of the molecule is Cc1nc2ccccc2n1CCOCCNC(=O)[C@H](O)[C@@H](O)C(=O)N1CCC2(CCNCC2)C1. The Morgan fingerprint density at radius 2 is 1.94 bits per heavy atom. The Labute approximate surface area is 199 Å². The van der Waals surface area contributed by atoms with E-state index in [4.69, 9.17) is 4.74 Å². The number of hydrogen-bond acceptors (Lipinski definition) is 7. The highest BCUT2D eigenvalue weighted by atomic mass is 16.5. The van der Waals surface area contributed by atoms with Crippen molar-refractivity contribution in [3.05, 3.63) is 30.1 Å². The average Bonchev–Trinajstić information content (AvgIpc) is 3.40. The minimum Gasteiger partial charge on any atom is -0.380 e. The third-order valence-corrected chi connectivity index (χ3v) is 7.09. The molecule has 0 unspecified atom stereocenters. The van der Waals surface area contributed by atoms with Gasteiger partial charge in [-0.1, -0.05) is 12.1 Å². The number of fused-ring (bicyclic) bond motifs is 1. The number of amides is 2. The van der Waals surface area contributed by atoms with Crippen LogP contribution in [0.3, 0.4) is 0 Å². The fourth-order valence-corrected chi connectivity index (χ4v) is 5.04. The van der Waals surface area contributed by atoms with Crippen molar-refractivity contribution in [3.63, 3.8) is 0 Å². The largest absolute Gasteiger partial charge is 0.380 e. The normalized spacial score (nSPS) is 19.4. The third-order valence-electron chi connectivity index (χ3n) is 7.09. The number of ether oxygens (including phenoxy) is 1. The minimum atomic E-state index is -1.81. The second kappa shape index (κ2) is 10.8. The molecule has 2 aliphatic rings. The molecule has 3 heterocycles. The van der Waals surface area contributed by atoms with Crippen LogP contribution >= 0.6 is 0 Å². The van der Waals surface area contributed by atoms with Gasteiger partial charge in [0, 0.05) is 26.2 Å². The van der Waals surface area contributed by atoms with Crippen LogP contribution in [0.4, 0.5) is 0 Å². The fraction of sp³-hybridized carbons (Fsp3) is 0.625. The molecule has 34 heavy (non-hydrogen) atoms. The Balaban J connectivity index is 1.16. The summed E-state index contributed by atoms with van der Waals surface area (Å²) in [6.45, 7) is 6.39. The van der Waals surface area contributed by atoms with Crippen LogP contribution in [-0.2, 0) is 20.9 Å². The number of aliphatic hydroxyl groups excluding tert-OH is 2. The zero-order chi connectivity index (χ0) is 24.1. The second-order valence-electron chi connectivity index (χ2n) is 9.35.